The van der Waals surface area contributed by atoms with Crippen LogP contribution in [0.25, 0.3) is 10.6 Å². The number of aromatic nitrogens is 4. The molecule has 1 N–H and O–H groups in total. The maximum absolute atomic E-state index is 12.7. The molecular formula is C22H19N5O3S. The highest BCUT2D eigenvalue weighted by Crippen LogP contribution is 2.32. The van der Waals surface area contributed by atoms with E-state index in [4.69, 9.17) is 9.47 Å². The quantitative estimate of drug-likeness (QED) is 0.461. The maximum Gasteiger partial charge on any atom is 0.257 e. The van der Waals surface area contributed by atoms with Crippen LogP contribution < -0.4 is 14.8 Å². The zero-order chi connectivity index (χ0) is 21.6. The zero-order valence-electron chi connectivity index (χ0n) is 16.9. The molecule has 0 saturated heterocycles. The summed E-state index contributed by atoms with van der Waals surface area (Å²) in [7, 11) is 1.53. The number of benzene rings is 1. The van der Waals surface area contributed by atoms with Crippen LogP contribution in [0.1, 0.15) is 28.9 Å². The van der Waals surface area contributed by atoms with Gasteiger partial charge in [0.05, 0.1) is 7.11 Å². The van der Waals surface area contributed by atoms with E-state index in [-0.39, 0.29) is 12.0 Å². The van der Waals surface area contributed by atoms with Crippen molar-refractivity contribution in [3.8, 4) is 22.1 Å². The summed E-state index contributed by atoms with van der Waals surface area (Å²) in [6.45, 7) is 1.92. The molecule has 1 aromatic carbocycles. The summed E-state index contributed by atoms with van der Waals surface area (Å²) in [6, 6.07) is 12.5. The zero-order valence-corrected chi connectivity index (χ0v) is 17.7. The van der Waals surface area contributed by atoms with E-state index in [2.05, 4.69) is 25.5 Å². The molecule has 0 spiro atoms. The van der Waals surface area contributed by atoms with Crippen molar-refractivity contribution in [1.82, 2.24) is 20.2 Å². The van der Waals surface area contributed by atoms with Gasteiger partial charge in [0.1, 0.15) is 11.1 Å². The van der Waals surface area contributed by atoms with E-state index in [1.54, 1.807) is 43.0 Å². The summed E-state index contributed by atoms with van der Waals surface area (Å²) in [6.07, 6.45) is 6.60. The molecule has 0 aliphatic rings. The Balaban J connectivity index is 1.47. The molecule has 156 valence electrons. The van der Waals surface area contributed by atoms with E-state index in [1.807, 2.05) is 31.2 Å². The number of pyridine rings is 2. The number of amides is 1. The molecule has 0 bridgehead atoms. The fraction of sp³-hybridized carbons (Fsp3) is 0.136. The van der Waals surface area contributed by atoms with E-state index in [0.717, 1.165) is 11.1 Å². The van der Waals surface area contributed by atoms with Crippen molar-refractivity contribution in [3.05, 3.63) is 78.4 Å². The number of rotatable bonds is 7. The largest absolute Gasteiger partial charge is 0.493 e. The van der Waals surface area contributed by atoms with Crippen molar-refractivity contribution in [2.75, 3.05) is 12.4 Å². The lowest BCUT2D eigenvalue weighted by Crippen LogP contribution is -2.12. The Morgan fingerprint density at radius 3 is 2.61 bits per heavy atom. The van der Waals surface area contributed by atoms with Crippen LogP contribution in [0.15, 0.2) is 67.3 Å². The molecule has 0 unspecified atom stereocenters. The molecule has 0 fully saturated rings. The molecular weight excluding hydrogens is 414 g/mol. The second kappa shape index (κ2) is 9.31. The minimum atomic E-state index is -0.317. The lowest BCUT2D eigenvalue weighted by molar-refractivity contribution is 0.102. The van der Waals surface area contributed by atoms with Crippen molar-refractivity contribution in [1.29, 1.82) is 0 Å². The molecule has 1 atom stereocenters. The molecule has 9 heteroatoms. The third-order valence-corrected chi connectivity index (χ3v) is 5.34. The number of ether oxygens (including phenoxy) is 2. The molecule has 1 amide bonds. The lowest BCUT2D eigenvalue weighted by atomic mass is 10.1. The lowest BCUT2D eigenvalue weighted by Gasteiger charge is -2.17. The van der Waals surface area contributed by atoms with Gasteiger partial charge in [-0.1, -0.05) is 17.4 Å². The first-order chi connectivity index (χ1) is 15.1. The fourth-order valence-electron chi connectivity index (χ4n) is 2.84. The SMILES string of the molecule is COc1cc(C(=O)Nc2nnc(-c3ccncc3)s2)ccc1O[C@H](C)c1cccnc1. The molecule has 3 aromatic heterocycles. The molecule has 8 nitrogen and oxygen atoms in total. The molecule has 4 aromatic rings. The average Bonchev–Trinajstić information content (AvgIpc) is 3.29. The monoisotopic (exact) mass is 433 g/mol. The Labute approximate surface area is 182 Å². The smallest absolute Gasteiger partial charge is 0.257 e. The van der Waals surface area contributed by atoms with E-state index >= 15 is 0 Å². The molecule has 0 aliphatic heterocycles. The standard InChI is InChI=1S/C22H19N5O3S/c1-14(17-4-3-9-24-13-17)30-18-6-5-16(12-19(18)29-2)20(28)25-22-27-26-21(31-22)15-7-10-23-11-8-15/h3-14H,1-2H3,(H,25,27,28)/t14-/m1/s1. The summed E-state index contributed by atoms with van der Waals surface area (Å²) >= 11 is 1.28. The van der Waals surface area contributed by atoms with Gasteiger partial charge >= 0.3 is 0 Å². The highest BCUT2D eigenvalue weighted by atomic mass is 32.1. The molecule has 0 saturated carbocycles. The van der Waals surface area contributed by atoms with Gasteiger partial charge in [-0.25, -0.2) is 0 Å². The summed E-state index contributed by atoms with van der Waals surface area (Å²) in [5.74, 6) is 0.673. The van der Waals surface area contributed by atoms with Gasteiger partial charge in [0, 0.05) is 41.5 Å². The first-order valence-electron chi connectivity index (χ1n) is 9.44. The van der Waals surface area contributed by atoms with Crippen LogP contribution in [0.2, 0.25) is 0 Å². The maximum atomic E-state index is 12.7. The minimum Gasteiger partial charge on any atom is -0.493 e. The topological polar surface area (TPSA) is 99.1 Å². The third kappa shape index (κ3) is 4.84. The van der Waals surface area contributed by atoms with Crippen molar-refractivity contribution < 1.29 is 14.3 Å². The predicted octanol–water partition coefficient (Wildman–Crippen LogP) is 4.40. The molecule has 0 radical (unpaired) electrons. The van der Waals surface area contributed by atoms with Gasteiger partial charge in [-0.3, -0.25) is 20.1 Å². The third-order valence-electron chi connectivity index (χ3n) is 4.46. The Kier molecular flexibility index (Phi) is 6.13. The van der Waals surface area contributed by atoms with Crippen LogP contribution in [0.3, 0.4) is 0 Å². The van der Waals surface area contributed by atoms with E-state index in [1.165, 1.54) is 18.4 Å². The van der Waals surface area contributed by atoms with E-state index in [0.29, 0.717) is 27.2 Å². The van der Waals surface area contributed by atoms with Crippen molar-refractivity contribution in [2.24, 2.45) is 0 Å². The van der Waals surface area contributed by atoms with Gasteiger partial charge in [-0.05, 0) is 43.3 Å². The van der Waals surface area contributed by atoms with Crippen molar-refractivity contribution in [3.63, 3.8) is 0 Å². The number of carbonyl (C=O) groups excluding carboxylic acids is 1. The normalized spacial score (nSPS) is 11.5. The second-order valence-corrected chi connectivity index (χ2v) is 7.49. The van der Waals surface area contributed by atoms with E-state index < -0.39 is 0 Å². The van der Waals surface area contributed by atoms with Gasteiger partial charge in [-0.2, -0.15) is 0 Å². The van der Waals surface area contributed by atoms with Gasteiger partial charge in [0.15, 0.2) is 11.5 Å². The highest BCUT2D eigenvalue weighted by Gasteiger charge is 2.16. The second-order valence-electron chi connectivity index (χ2n) is 6.51. The average molecular weight is 433 g/mol. The number of anilines is 1. The Morgan fingerprint density at radius 1 is 1.03 bits per heavy atom. The van der Waals surface area contributed by atoms with Crippen LogP contribution in [0, 0.1) is 0 Å². The van der Waals surface area contributed by atoms with Crippen LogP contribution in [-0.2, 0) is 0 Å². The first kappa shape index (κ1) is 20.4. The van der Waals surface area contributed by atoms with Gasteiger partial charge in [0.2, 0.25) is 5.13 Å². The van der Waals surface area contributed by atoms with Crippen LogP contribution in [0.5, 0.6) is 11.5 Å². The molecule has 31 heavy (non-hydrogen) atoms. The minimum absolute atomic E-state index is 0.227. The Hall–Kier alpha value is -3.85. The Bertz CT molecular complexity index is 1170. The number of nitrogens with zero attached hydrogens (tertiary/aromatic N) is 4. The number of nitrogens with one attached hydrogen (secondary N) is 1. The highest BCUT2D eigenvalue weighted by molar-refractivity contribution is 7.18. The predicted molar refractivity (Wildman–Crippen MR) is 117 cm³/mol. The number of hydrogen-bond acceptors (Lipinski definition) is 8. The van der Waals surface area contributed by atoms with Gasteiger partial charge < -0.3 is 9.47 Å². The van der Waals surface area contributed by atoms with Crippen LogP contribution >= 0.6 is 11.3 Å². The van der Waals surface area contributed by atoms with Crippen LogP contribution in [0.4, 0.5) is 5.13 Å². The molecule has 3 heterocycles. The summed E-state index contributed by atoms with van der Waals surface area (Å²) in [5.41, 5.74) is 2.24. The van der Waals surface area contributed by atoms with Crippen LogP contribution in [-0.4, -0.2) is 33.2 Å². The number of hydrogen-bond donors (Lipinski definition) is 1. The summed E-state index contributed by atoms with van der Waals surface area (Å²) in [4.78, 5) is 20.8. The number of carbonyl (C=O) groups is 1. The summed E-state index contributed by atoms with van der Waals surface area (Å²) < 4.78 is 11.4. The molecule has 4 rings (SSSR count). The summed E-state index contributed by atoms with van der Waals surface area (Å²) in [5, 5.41) is 12.0. The van der Waals surface area contributed by atoms with Crippen molar-refractivity contribution in [2.45, 2.75) is 13.0 Å². The van der Waals surface area contributed by atoms with E-state index in [9.17, 15) is 4.79 Å². The van der Waals surface area contributed by atoms with Crippen molar-refractivity contribution >= 4 is 22.4 Å². The van der Waals surface area contributed by atoms with Gasteiger partial charge in [-0.15, -0.1) is 10.2 Å². The number of methoxy groups -OCH3 is 1. The fourth-order valence-corrected chi connectivity index (χ4v) is 3.58. The first-order valence-corrected chi connectivity index (χ1v) is 10.3. The van der Waals surface area contributed by atoms with Gasteiger partial charge in [0.25, 0.3) is 5.91 Å². The molecule has 0 aliphatic carbocycles. The Morgan fingerprint density at radius 2 is 1.87 bits per heavy atom.